The molecule has 0 radical (unpaired) electrons. The Kier molecular flexibility index (Phi) is 2.96. The van der Waals surface area contributed by atoms with Crippen molar-refractivity contribution in [2.24, 2.45) is 10.3 Å². The largest absolute Gasteiger partial charge is 0.296 e. The van der Waals surface area contributed by atoms with E-state index in [1.54, 1.807) is 0 Å². The van der Waals surface area contributed by atoms with Crippen molar-refractivity contribution in [1.82, 2.24) is 10.3 Å². The van der Waals surface area contributed by atoms with Crippen LogP contribution in [0.3, 0.4) is 0 Å². The van der Waals surface area contributed by atoms with Gasteiger partial charge in [0.2, 0.25) is 0 Å². The molecule has 0 saturated carbocycles. The zero-order valence-electron chi connectivity index (χ0n) is 10.0. The molecule has 2 heterocycles. The number of likely N-dealkylation sites (tertiary alicyclic amines) is 1. The summed E-state index contributed by atoms with van der Waals surface area (Å²) in [6.45, 7) is 9.20. The molecule has 1 fully saturated rings. The highest BCUT2D eigenvalue weighted by Crippen LogP contribution is 2.27. The molecule has 0 amide bonds. The highest BCUT2D eigenvalue weighted by Gasteiger charge is 2.37. The van der Waals surface area contributed by atoms with E-state index < -0.39 is 0 Å². The monoisotopic (exact) mass is 210 g/mol. The first-order chi connectivity index (χ1) is 7.13. The molecule has 4 nitrogen and oxygen atoms in total. The van der Waals surface area contributed by atoms with Gasteiger partial charge in [-0.05, 0) is 26.7 Å². The number of hydrogen-bond donors (Lipinski definition) is 1. The van der Waals surface area contributed by atoms with Gasteiger partial charge in [0.05, 0.1) is 12.1 Å². The summed E-state index contributed by atoms with van der Waals surface area (Å²) < 4.78 is 0. The van der Waals surface area contributed by atoms with Gasteiger partial charge in [-0.2, -0.15) is 5.11 Å². The molecule has 2 atom stereocenters. The van der Waals surface area contributed by atoms with E-state index in [0.717, 1.165) is 19.5 Å². The van der Waals surface area contributed by atoms with Gasteiger partial charge in [0.15, 0.2) is 0 Å². The summed E-state index contributed by atoms with van der Waals surface area (Å²) in [5.41, 5.74) is 3.44. The first-order valence-electron chi connectivity index (χ1n) is 6.04. The Bertz CT molecular complexity index is 249. The molecule has 0 spiro atoms. The number of fused-ring (bicyclic) bond motifs is 1. The predicted molar refractivity (Wildman–Crippen MR) is 60.7 cm³/mol. The second kappa shape index (κ2) is 4.08. The molecule has 0 bridgehead atoms. The lowest BCUT2D eigenvalue weighted by Crippen LogP contribution is -2.56. The average molecular weight is 210 g/mol. The molecule has 86 valence electrons. The zero-order chi connectivity index (χ0) is 10.9. The average Bonchev–Trinajstić information content (AvgIpc) is 2.63. The van der Waals surface area contributed by atoms with Gasteiger partial charge in [-0.25, -0.2) is 0 Å². The minimum atomic E-state index is 0.323. The van der Waals surface area contributed by atoms with Crippen molar-refractivity contribution in [3.8, 4) is 0 Å². The number of hydrogen-bond acceptors (Lipinski definition) is 4. The summed E-state index contributed by atoms with van der Waals surface area (Å²) >= 11 is 0. The Labute approximate surface area is 92.1 Å². The van der Waals surface area contributed by atoms with E-state index in [-0.39, 0.29) is 0 Å². The quantitative estimate of drug-likeness (QED) is 0.773. The normalized spacial score (nSPS) is 31.4. The molecule has 2 rings (SSSR count). The van der Waals surface area contributed by atoms with E-state index in [4.69, 9.17) is 0 Å². The number of piperidine rings is 1. The summed E-state index contributed by atoms with van der Waals surface area (Å²) in [6, 6.07) is 0.883. The van der Waals surface area contributed by atoms with Crippen molar-refractivity contribution >= 4 is 0 Å². The minimum absolute atomic E-state index is 0.323. The zero-order valence-corrected chi connectivity index (χ0v) is 10.0. The van der Waals surface area contributed by atoms with Crippen LogP contribution in [0.15, 0.2) is 10.3 Å². The summed E-state index contributed by atoms with van der Waals surface area (Å²) in [6.07, 6.45) is 3.66. The van der Waals surface area contributed by atoms with Gasteiger partial charge in [-0.3, -0.25) is 10.3 Å². The SMILES string of the molecule is CCCC(C)(C)N1CCC2N=NNC2C1. The molecule has 2 aliphatic rings. The molecular formula is C11H22N4. The summed E-state index contributed by atoms with van der Waals surface area (Å²) in [4.78, 5) is 2.58. The Morgan fingerprint density at radius 1 is 1.47 bits per heavy atom. The Morgan fingerprint density at radius 2 is 2.27 bits per heavy atom. The van der Waals surface area contributed by atoms with E-state index in [9.17, 15) is 0 Å². The smallest absolute Gasteiger partial charge is 0.0971 e. The fraction of sp³-hybridized carbons (Fsp3) is 1.00. The maximum atomic E-state index is 4.21. The fourth-order valence-corrected chi connectivity index (χ4v) is 2.71. The van der Waals surface area contributed by atoms with Crippen LogP contribution in [-0.4, -0.2) is 35.6 Å². The summed E-state index contributed by atoms with van der Waals surface area (Å²) in [5, 5.41) is 8.15. The standard InChI is InChI=1S/C11H22N4/c1-4-6-11(2,3)15-7-5-9-10(8-15)13-14-12-9/h9-10H,4-8H2,1-3H3,(H,12,13). The van der Waals surface area contributed by atoms with Crippen molar-refractivity contribution < 1.29 is 0 Å². The van der Waals surface area contributed by atoms with Gasteiger partial charge in [0.1, 0.15) is 0 Å². The van der Waals surface area contributed by atoms with Crippen molar-refractivity contribution in [2.45, 2.75) is 57.7 Å². The van der Waals surface area contributed by atoms with E-state index in [1.165, 1.54) is 12.8 Å². The Morgan fingerprint density at radius 3 is 3.00 bits per heavy atom. The fourth-order valence-electron chi connectivity index (χ4n) is 2.71. The van der Waals surface area contributed by atoms with Crippen molar-refractivity contribution in [1.29, 1.82) is 0 Å². The van der Waals surface area contributed by atoms with E-state index in [0.29, 0.717) is 17.6 Å². The van der Waals surface area contributed by atoms with Crippen LogP contribution in [0.4, 0.5) is 0 Å². The van der Waals surface area contributed by atoms with Crippen LogP contribution >= 0.6 is 0 Å². The molecule has 15 heavy (non-hydrogen) atoms. The van der Waals surface area contributed by atoms with Crippen LogP contribution in [-0.2, 0) is 0 Å². The second-order valence-corrected chi connectivity index (χ2v) is 5.32. The van der Waals surface area contributed by atoms with E-state index in [1.807, 2.05) is 0 Å². The molecule has 1 saturated heterocycles. The third-order valence-corrected chi connectivity index (χ3v) is 3.72. The highest BCUT2D eigenvalue weighted by atomic mass is 15.5. The van der Waals surface area contributed by atoms with Crippen molar-refractivity contribution in [3.05, 3.63) is 0 Å². The number of nitrogens with zero attached hydrogens (tertiary/aromatic N) is 3. The first-order valence-corrected chi connectivity index (χ1v) is 6.04. The maximum Gasteiger partial charge on any atom is 0.0971 e. The number of nitrogens with one attached hydrogen (secondary N) is 1. The van der Waals surface area contributed by atoms with Gasteiger partial charge in [0, 0.05) is 18.6 Å². The van der Waals surface area contributed by atoms with Gasteiger partial charge in [-0.15, -0.1) is 0 Å². The molecule has 4 heteroatoms. The molecule has 1 N–H and O–H groups in total. The van der Waals surface area contributed by atoms with Crippen LogP contribution < -0.4 is 5.43 Å². The van der Waals surface area contributed by atoms with Crippen molar-refractivity contribution in [2.75, 3.05) is 13.1 Å². The molecule has 2 unspecified atom stereocenters. The molecule has 0 aliphatic carbocycles. The van der Waals surface area contributed by atoms with Crippen LogP contribution in [0, 0.1) is 0 Å². The second-order valence-electron chi connectivity index (χ2n) is 5.32. The topological polar surface area (TPSA) is 40.0 Å². The van der Waals surface area contributed by atoms with Gasteiger partial charge in [-0.1, -0.05) is 18.6 Å². The highest BCUT2D eigenvalue weighted by molar-refractivity contribution is 4.95. The van der Waals surface area contributed by atoms with E-state index >= 15 is 0 Å². The maximum absolute atomic E-state index is 4.21. The van der Waals surface area contributed by atoms with Crippen molar-refractivity contribution in [3.63, 3.8) is 0 Å². The Balaban J connectivity index is 1.95. The molecule has 2 aliphatic heterocycles. The lowest BCUT2D eigenvalue weighted by molar-refractivity contribution is 0.0695. The molecule has 0 aromatic heterocycles. The first kappa shape index (κ1) is 10.9. The van der Waals surface area contributed by atoms with Crippen LogP contribution in [0.2, 0.25) is 0 Å². The lowest BCUT2D eigenvalue weighted by atomic mass is 9.91. The minimum Gasteiger partial charge on any atom is -0.296 e. The Hall–Kier alpha value is -0.640. The van der Waals surface area contributed by atoms with Gasteiger partial charge in [0.25, 0.3) is 0 Å². The molecule has 0 aromatic carbocycles. The summed E-state index contributed by atoms with van der Waals surface area (Å²) in [7, 11) is 0. The van der Waals surface area contributed by atoms with Crippen LogP contribution in [0.1, 0.15) is 40.0 Å². The van der Waals surface area contributed by atoms with Gasteiger partial charge < -0.3 is 0 Å². The lowest BCUT2D eigenvalue weighted by Gasteiger charge is -2.43. The number of rotatable bonds is 3. The molecular weight excluding hydrogens is 188 g/mol. The predicted octanol–water partition coefficient (Wildman–Crippen LogP) is 1.98. The summed E-state index contributed by atoms with van der Waals surface area (Å²) in [5.74, 6) is 0. The van der Waals surface area contributed by atoms with Crippen LogP contribution in [0.5, 0.6) is 0 Å². The van der Waals surface area contributed by atoms with Gasteiger partial charge >= 0.3 is 0 Å². The van der Waals surface area contributed by atoms with E-state index in [2.05, 4.69) is 41.4 Å². The third-order valence-electron chi connectivity index (χ3n) is 3.72. The third kappa shape index (κ3) is 2.14. The van der Waals surface area contributed by atoms with Crippen LogP contribution in [0.25, 0.3) is 0 Å². The molecule has 0 aromatic rings.